The Kier molecular flexibility index (Phi) is 7.61. The number of hydrogen-bond donors (Lipinski definition) is 1. The lowest BCUT2D eigenvalue weighted by Crippen LogP contribution is -2.27. The van der Waals surface area contributed by atoms with Crippen molar-refractivity contribution in [1.29, 1.82) is 0 Å². The van der Waals surface area contributed by atoms with Gasteiger partial charge in [0.25, 0.3) is 5.56 Å². The van der Waals surface area contributed by atoms with Gasteiger partial charge in [0.1, 0.15) is 17.8 Å². The van der Waals surface area contributed by atoms with Gasteiger partial charge in [0.05, 0.1) is 48.1 Å². The molecule has 0 aliphatic heterocycles. The summed E-state index contributed by atoms with van der Waals surface area (Å²) in [5, 5.41) is 14.8. The van der Waals surface area contributed by atoms with Crippen LogP contribution in [0.5, 0.6) is 0 Å². The minimum absolute atomic E-state index is 0.0127. The summed E-state index contributed by atoms with van der Waals surface area (Å²) in [6, 6.07) is 7.82. The van der Waals surface area contributed by atoms with Crippen molar-refractivity contribution in [2.75, 3.05) is 12.4 Å². The van der Waals surface area contributed by atoms with Crippen LogP contribution < -0.4 is 10.9 Å². The Balaban J connectivity index is 1.59. The van der Waals surface area contributed by atoms with E-state index in [1.165, 1.54) is 55.2 Å². The van der Waals surface area contributed by atoms with Crippen LogP contribution in [-0.2, 0) is 17.8 Å². The molecule has 0 saturated carbocycles. The van der Waals surface area contributed by atoms with Gasteiger partial charge in [-0.2, -0.15) is 20.0 Å². The first-order valence-electron chi connectivity index (χ1n) is 11.5. The molecule has 0 radical (unpaired) electrons. The first kappa shape index (κ1) is 26.6. The standard InChI is InChI=1S/C25H18ClN7O6S/c1-38-25(37)16-5-7-32(11-19(34)14-4-6-29-30-9-14)24(36)22(16)17-8-21(27-10-15-2-3-20(26)40-15)33(31-17)23(35)18-12-39-13-28-18/h2-9,12-13,27H,10-11H2,1H3. The molecule has 5 aromatic rings. The molecule has 0 aliphatic carbocycles. The molecule has 13 nitrogen and oxygen atoms in total. The lowest BCUT2D eigenvalue weighted by Gasteiger charge is -2.10. The third kappa shape index (κ3) is 5.43. The number of oxazole rings is 1. The van der Waals surface area contributed by atoms with E-state index in [9.17, 15) is 19.2 Å². The Morgan fingerprint density at radius 3 is 2.70 bits per heavy atom. The van der Waals surface area contributed by atoms with E-state index in [0.29, 0.717) is 4.34 Å². The van der Waals surface area contributed by atoms with Gasteiger partial charge in [-0.05, 0) is 24.3 Å². The Morgan fingerprint density at radius 2 is 2.02 bits per heavy atom. The zero-order chi connectivity index (χ0) is 28.2. The molecule has 0 aliphatic rings. The van der Waals surface area contributed by atoms with Crippen molar-refractivity contribution in [3.05, 3.63) is 98.0 Å². The highest BCUT2D eigenvalue weighted by Gasteiger charge is 2.25. The monoisotopic (exact) mass is 579 g/mol. The number of ketones is 1. The number of carbonyl (C=O) groups excluding carboxylic acids is 3. The lowest BCUT2D eigenvalue weighted by molar-refractivity contribution is 0.0601. The van der Waals surface area contributed by atoms with Crippen LogP contribution in [-0.4, -0.2) is 54.3 Å². The first-order valence-corrected chi connectivity index (χ1v) is 12.7. The summed E-state index contributed by atoms with van der Waals surface area (Å²) in [6.07, 6.45) is 6.20. The van der Waals surface area contributed by atoms with Crippen molar-refractivity contribution in [3.8, 4) is 11.3 Å². The van der Waals surface area contributed by atoms with Crippen molar-refractivity contribution >= 4 is 46.4 Å². The van der Waals surface area contributed by atoms with Crippen LogP contribution in [0, 0.1) is 0 Å². The Hall–Kier alpha value is -4.95. The molecular formula is C25H18ClN7O6S. The maximum atomic E-state index is 13.7. The van der Waals surface area contributed by atoms with Gasteiger partial charge in [0.15, 0.2) is 17.9 Å². The van der Waals surface area contributed by atoms with E-state index in [0.717, 1.165) is 26.8 Å². The number of anilines is 1. The summed E-state index contributed by atoms with van der Waals surface area (Å²) < 4.78 is 12.5. The molecule has 0 saturated heterocycles. The minimum atomic E-state index is -0.802. The second-order valence-electron chi connectivity index (χ2n) is 8.15. The van der Waals surface area contributed by atoms with Gasteiger partial charge < -0.3 is 19.0 Å². The number of pyridine rings is 1. The van der Waals surface area contributed by atoms with Crippen molar-refractivity contribution in [2.45, 2.75) is 13.1 Å². The van der Waals surface area contributed by atoms with Crippen LogP contribution in [0.1, 0.15) is 36.1 Å². The fraction of sp³-hybridized carbons (Fsp3) is 0.120. The molecule has 0 aromatic carbocycles. The quantitative estimate of drug-likeness (QED) is 0.201. The molecular weight excluding hydrogens is 562 g/mol. The number of methoxy groups -OCH3 is 1. The van der Waals surface area contributed by atoms with Gasteiger partial charge in [-0.15, -0.1) is 11.3 Å². The van der Waals surface area contributed by atoms with Crippen LogP contribution >= 0.6 is 22.9 Å². The summed E-state index contributed by atoms with van der Waals surface area (Å²) in [4.78, 5) is 57.0. The van der Waals surface area contributed by atoms with E-state index in [4.69, 9.17) is 20.8 Å². The number of hydrogen-bond acceptors (Lipinski definition) is 12. The minimum Gasteiger partial charge on any atom is -0.465 e. The SMILES string of the molecule is COC(=O)c1ccn(CC(=O)c2ccnnc2)c(=O)c1-c1cc(NCc2ccc(Cl)s2)n(C(=O)c2cocn2)n1. The zero-order valence-corrected chi connectivity index (χ0v) is 22.2. The average Bonchev–Trinajstić information content (AvgIpc) is 3.74. The number of rotatable bonds is 9. The molecule has 1 N–H and O–H groups in total. The Labute approximate surface area is 234 Å². The predicted molar refractivity (Wildman–Crippen MR) is 143 cm³/mol. The van der Waals surface area contributed by atoms with Gasteiger partial charge in [0.2, 0.25) is 0 Å². The van der Waals surface area contributed by atoms with Crippen LogP contribution in [0.15, 0.2) is 70.8 Å². The maximum absolute atomic E-state index is 13.7. The fourth-order valence-electron chi connectivity index (χ4n) is 3.76. The number of ether oxygens (including phenoxy) is 1. The second kappa shape index (κ2) is 11.4. The van der Waals surface area contributed by atoms with Crippen LogP contribution in [0.3, 0.4) is 0 Å². The third-order valence-corrected chi connectivity index (χ3v) is 6.90. The maximum Gasteiger partial charge on any atom is 0.338 e. The molecule has 5 aromatic heterocycles. The highest BCUT2D eigenvalue weighted by atomic mass is 35.5. The zero-order valence-electron chi connectivity index (χ0n) is 20.6. The molecule has 0 unspecified atom stereocenters. The number of aromatic nitrogens is 6. The normalized spacial score (nSPS) is 10.8. The van der Waals surface area contributed by atoms with Crippen LogP contribution in [0.25, 0.3) is 11.3 Å². The van der Waals surface area contributed by atoms with Crippen LogP contribution in [0.4, 0.5) is 5.82 Å². The summed E-state index contributed by atoms with van der Waals surface area (Å²) in [7, 11) is 1.17. The Bertz CT molecular complexity index is 1760. The second-order valence-corrected chi connectivity index (χ2v) is 9.95. The molecule has 5 heterocycles. The smallest absolute Gasteiger partial charge is 0.338 e. The molecule has 5 rings (SSSR count). The van der Waals surface area contributed by atoms with Crippen molar-refractivity contribution in [3.63, 3.8) is 0 Å². The molecule has 15 heteroatoms. The third-order valence-electron chi connectivity index (χ3n) is 5.67. The number of esters is 1. The molecule has 202 valence electrons. The van der Waals surface area contributed by atoms with E-state index >= 15 is 0 Å². The Morgan fingerprint density at radius 1 is 1.18 bits per heavy atom. The number of carbonyl (C=O) groups is 3. The molecule has 0 bridgehead atoms. The summed E-state index contributed by atoms with van der Waals surface area (Å²) in [6.45, 7) is -0.0617. The van der Waals surface area contributed by atoms with Crippen LogP contribution in [0.2, 0.25) is 4.34 Å². The van der Waals surface area contributed by atoms with E-state index in [1.807, 2.05) is 6.07 Å². The van der Waals surface area contributed by atoms with E-state index in [2.05, 4.69) is 25.6 Å². The molecule has 0 amide bonds. The van der Waals surface area contributed by atoms with Gasteiger partial charge in [-0.3, -0.25) is 14.4 Å². The highest BCUT2D eigenvalue weighted by Crippen LogP contribution is 2.26. The summed E-state index contributed by atoms with van der Waals surface area (Å²) >= 11 is 7.38. The molecule has 0 fully saturated rings. The highest BCUT2D eigenvalue weighted by molar-refractivity contribution is 7.16. The molecule has 0 spiro atoms. The number of Topliss-reactive ketones (excluding diaryl/α,β-unsaturated/α-hetero) is 1. The molecule has 40 heavy (non-hydrogen) atoms. The number of nitrogens with zero attached hydrogens (tertiary/aromatic N) is 6. The van der Waals surface area contributed by atoms with Crippen molar-refractivity contribution in [1.82, 2.24) is 29.5 Å². The predicted octanol–water partition coefficient (Wildman–Crippen LogP) is 3.17. The number of halogens is 1. The fourth-order valence-corrected chi connectivity index (χ4v) is 4.79. The van der Waals surface area contributed by atoms with Crippen molar-refractivity contribution < 1.29 is 23.5 Å². The van der Waals surface area contributed by atoms with Crippen molar-refractivity contribution in [2.24, 2.45) is 0 Å². The largest absolute Gasteiger partial charge is 0.465 e. The summed E-state index contributed by atoms with van der Waals surface area (Å²) in [5.74, 6) is -1.65. The first-order chi connectivity index (χ1) is 19.4. The van der Waals surface area contributed by atoms with Gasteiger partial charge in [0, 0.05) is 22.7 Å². The van der Waals surface area contributed by atoms with E-state index in [1.54, 1.807) is 6.07 Å². The topological polar surface area (TPSA) is 164 Å². The number of thiophene rings is 1. The molecule has 0 atom stereocenters. The summed E-state index contributed by atoms with van der Waals surface area (Å²) in [5.41, 5.74) is -0.759. The van der Waals surface area contributed by atoms with E-state index < -0.39 is 23.2 Å². The van der Waals surface area contributed by atoms with Gasteiger partial charge in [-0.25, -0.2) is 9.78 Å². The number of nitrogens with one attached hydrogen (secondary N) is 1. The van der Waals surface area contributed by atoms with Gasteiger partial charge in [-0.1, -0.05) is 11.6 Å². The van der Waals surface area contributed by atoms with Gasteiger partial charge >= 0.3 is 11.9 Å². The average molecular weight is 580 g/mol. The van der Waals surface area contributed by atoms with E-state index in [-0.39, 0.29) is 47.0 Å². The lowest BCUT2D eigenvalue weighted by atomic mass is 10.1.